The summed E-state index contributed by atoms with van der Waals surface area (Å²) in [5.74, 6) is 1.60. The number of primary amides is 1. The van der Waals surface area contributed by atoms with Gasteiger partial charge in [0, 0.05) is 42.1 Å². The molecule has 39 heavy (non-hydrogen) atoms. The molecule has 2 aromatic carbocycles. The number of nitrogens with two attached hydrogens (primary N) is 2. The van der Waals surface area contributed by atoms with Gasteiger partial charge in [-0.15, -0.1) is 0 Å². The molecular formula is C30H40ClN3O4S. The van der Waals surface area contributed by atoms with Gasteiger partial charge in [-0.1, -0.05) is 29.8 Å². The number of anilines is 1. The molecule has 0 spiro atoms. The molecule has 1 heterocycles. The smallest absolute Gasteiger partial charge is 0.248 e. The van der Waals surface area contributed by atoms with Crippen LogP contribution in [0.15, 0.2) is 48.6 Å². The van der Waals surface area contributed by atoms with Gasteiger partial charge in [-0.25, -0.2) is 0 Å². The maximum atomic E-state index is 12.1. The molecule has 4 N–H and O–H groups in total. The standard InChI is InChI=1S/C30H40ClN3O4S/c1-37-28(8-3-2-6-16-39(33)36)26-13-10-24(26)20-34-19-23-9-12-25(31)17-21(23)7-4-5-15-38-29-14-11-22(30(32)35)18-27(29)34/h3,8-9,11-12,14,17-18,24,26,28H,2,4-7,10,13,15-16,19-20,33H2,1H3,(H2,32,35)/b8-3+/t24-,26+,28-,39?/m0/s1. The molecule has 1 fully saturated rings. The van der Waals surface area contributed by atoms with Crippen LogP contribution in [0.1, 0.15) is 60.0 Å². The van der Waals surface area contributed by atoms with Gasteiger partial charge in [-0.05, 0) is 98.2 Å². The maximum absolute atomic E-state index is 12.1. The molecule has 0 bridgehead atoms. The van der Waals surface area contributed by atoms with Gasteiger partial charge in [0.15, 0.2) is 0 Å². The summed E-state index contributed by atoms with van der Waals surface area (Å²) >= 11 is 5.13. The number of unbranched alkanes of at least 4 members (excludes halogenated alkanes) is 1. The zero-order chi connectivity index (χ0) is 27.8. The van der Waals surface area contributed by atoms with Crippen LogP contribution in [0.3, 0.4) is 0 Å². The van der Waals surface area contributed by atoms with E-state index in [1.807, 2.05) is 18.2 Å². The van der Waals surface area contributed by atoms with E-state index in [9.17, 15) is 9.35 Å². The topological polar surface area (TPSA) is 114 Å². The van der Waals surface area contributed by atoms with Crippen LogP contribution in [0.25, 0.3) is 0 Å². The number of aryl methyl sites for hydroxylation is 1. The fourth-order valence-corrected chi connectivity index (χ4v) is 6.23. The molecule has 7 nitrogen and oxygen atoms in total. The minimum atomic E-state index is -1.25. The summed E-state index contributed by atoms with van der Waals surface area (Å²) < 4.78 is 23.3. The Kier molecular flexibility index (Phi) is 11.0. The van der Waals surface area contributed by atoms with Crippen molar-refractivity contribution < 1.29 is 18.8 Å². The second kappa shape index (κ2) is 14.4. The lowest BCUT2D eigenvalue weighted by molar-refractivity contribution is 0.0134. The summed E-state index contributed by atoms with van der Waals surface area (Å²) in [4.78, 5) is 14.5. The minimum Gasteiger partial charge on any atom is -0.598 e. The van der Waals surface area contributed by atoms with Crippen molar-refractivity contribution in [2.75, 3.05) is 30.9 Å². The molecule has 1 amide bonds. The third-order valence-electron chi connectivity index (χ3n) is 7.88. The number of rotatable bonds is 10. The van der Waals surface area contributed by atoms with Crippen molar-refractivity contribution in [2.45, 2.75) is 57.6 Å². The number of carbonyl (C=O) groups is 1. The fraction of sp³-hybridized carbons (Fsp3) is 0.500. The molecule has 0 saturated heterocycles. The maximum Gasteiger partial charge on any atom is 0.248 e. The quantitative estimate of drug-likeness (QED) is 0.230. The number of carbonyl (C=O) groups excluding carboxylic acids is 1. The SMILES string of the molecule is CO[C@@H](/C=C/CCC[S+](N)[O-])[C@@H]1CC[C@H]1CN1Cc2ccc(Cl)cc2CCCCOc2ccc(C(N)=O)cc21. The predicted molar refractivity (Wildman–Crippen MR) is 158 cm³/mol. The number of halogens is 1. The number of allylic oxidation sites excluding steroid dienone is 1. The van der Waals surface area contributed by atoms with E-state index in [2.05, 4.69) is 29.2 Å². The second-order valence-electron chi connectivity index (χ2n) is 10.5. The van der Waals surface area contributed by atoms with E-state index in [-0.39, 0.29) is 6.10 Å². The Labute approximate surface area is 240 Å². The fourth-order valence-electron chi connectivity index (χ4n) is 5.58. The lowest BCUT2D eigenvalue weighted by Gasteiger charge is -2.43. The van der Waals surface area contributed by atoms with Crippen molar-refractivity contribution >= 4 is 34.6 Å². The lowest BCUT2D eigenvalue weighted by atomic mass is 9.70. The molecule has 1 aliphatic carbocycles. The van der Waals surface area contributed by atoms with Crippen LogP contribution < -0.4 is 20.5 Å². The Morgan fingerprint density at radius 1 is 1.26 bits per heavy atom. The normalized spacial score (nSPS) is 21.2. The summed E-state index contributed by atoms with van der Waals surface area (Å²) in [6.07, 6.45) is 10.9. The highest BCUT2D eigenvalue weighted by atomic mass is 35.5. The Hall–Kier alpha value is -2.23. The van der Waals surface area contributed by atoms with E-state index in [0.717, 1.165) is 68.0 Å². The third-order valence-corrected chi connectivity index (χ3v) is 8.81. The molecule has 1 aliphatic heterocycles. The highest BCUT2D eigenvalue weighted by Gasteiger charge is 2.37. The molecule has 4 atom stereocenters. The summed E-state index contributed by atoms with van der Waals surface area (Å²) in [7, 11) is 1.76. The number of ether oxygens (including phenoxy) is 2. The Morgan fingerprint density at radius 2 is 2.10 bits per heavy atom. The zero-order valence-electron chi connectivity index (χ0n) is 22.7. The van der Waals surface area contributed by atoms with Crippen molar-refractivity contribution in [3.8, 4) is 5.75 Å². The molecular weight excluding hydrogens is 534 g/mol. The Balaban J connectivity index is 1.60. The molecule has 2 aromatic rings. The Bertz CT molecular complexity index is 1150. The summed E-state index contributed by atoms with van der Waals surface area (Å²) in [5, 5.41) is 6.11. The average Bonchev–Trinajstić information content (AvgIpc) is 2.92. The monoisotopic (exact) mass is 573 g/mol. The van der Waals surface area contributed by atoms with E-state index in [1.54, 1.807) is 13.2 Å². The van der Waals surface area contributed by atoms with E-state index >= 15 is 0 Å². The van der Waals surface area contributed by atoms with Crippen LogP contribution in [-0.2, 0) is 29.1 Å². The van der Waals surface area contributed by atoms with E-state index in [1.165, 1.54) is 11.1 Å². The molecule has 2 aliphatic rings. The van der Waals surface area contributed by atoms with Crippen LogP contribution in [0, 0.1) is 11.8 Å². The predicted octanol–water partition coefficient (Wildman–Crippen LogP) is 5.16. The summed E-state index contributed by atoms with van der Waals surface area (Å²) in [6, 6.07) is 11.6. The molecule has 1 unspecified atom stereocenters. The van der Waals surface area contributed by atoms with Gasteiger partial charge in [0.05, 0.1) is 18.4 Å². The molecule has 9 heteroatoms. The van der Waals surface area contributed by atoms with Gasteiger partial charge in [0.2, 0.25) is 5.91 Å². The first-order chi connectivity index (χ1) is 18.9. The van der Waals surface area contributed by atoms with Crippen molar-refractivity contribution in [1.82, 2.24) is 0 Å². The molecule has 212 valence electrons. The van der Waals surface area contributed by atoms with Crippen LogP contribution in [0.2, 0.25) is 5.02 Å². The van der Waals surface area contributed by atoms with Crippen molar-refractivity contribution in [1.29, 1.82) is 0 Å². The molecule has 1 saturated carbocycles. The van der Waals surface area contributed by atoms with Gasteiger partial charge in [-0.3, -0.25) is 4.79 Å². The van der Waals surface area contributed by atoms with Gasteiger partial charge >= 0.3 is 0 Å². The van der Waals surface area contributed by atoms with Crippen molar-refractivity contribution in [2.24, 2.45) is 22.7 Å². The molecule has 0 radical (unpaired) electrons. The van der Waals surface area contributed by atoms with Crippen LogP contribution in [-0.4, -0.2) is 42.6 Å². The number of fused-ring (bicyclic) bond motifs is 2. The first-order valence-corrected chi connectivity index (χ1v) is 15.5. The molecule has 4 rings (SSSR count). The van der Waals surface area contributed by atoms with E-state index < -0.39 is 17.3 Å². The summed E-state index contributed by atoms with van der Waals surface area (Å²) in [6.45, 7) is 2.08. The van der Waals surface area contributed by atoms with Gasteiger partial charge in [0.25, 0.3) is 0 Å². The van der Waals surface area contributed by atoms with Crippen molar-refractivity contribution in [3.05, 3.63) is 70.3 Å². The van der Waals surface area contributed by atoms with Crippen LogP contribution >= 0.6 is 11.6 Å². The first kappa shape index (κ1) is 29.7. The van der Waals surface area contributed by atoms with Crippen LogP contribution in [0.5, 0.6) is 5.75 Å². The molecule has 0 aromatic heterocycles. The van der Waals surface area contributed by atoms with Gasteiger partial charge in [0.1, 0.15) is 11.5 Å². The second-order valence-corrected chi connectivity index (χ2v) is 12.1. The number of methoxy groups -OCH3 is 1. The van der Waals surface area contributed by atoms with Crippen LogP contribution in [0.4, 0.5) is 5.69 Å². The summed E-state index contributed by atoms with van der Waals surface area (Å²) in [5.41, 5.74) is 9.52. The number of hydrogen-bond acceptors (Lipinski definition) is 6. The van der Waals surface area contributed by atoms with E-state index in [0.29, 0.717) is 36.3 Å². The van der Waals surface area contributed by atoms with Crippen molar-refractivity contribution in [3.63, 3.8) is 0 Å². The number of hydrogen-bond donors (Lipinski definition) is 2. The average molecular weight is 574 g/mol. The number of amides is 1. The number of nitrogens with zero attached hydrogens (tertiary/aromatic N) is 1. The largest absolute Gasteiger partial charge is 0.598 e. The lowest BCUT2D eigenvalue weighted by Crippen LogP contribution is -2.43. The number of benzene rings is 2. The third kappa shape index (κ3) is 8.14. The highest BCUT2D eigenvalue weighted by Crippen LogP contribution is 2.42. The highest BCUT2D eigenvalue weighted by molar-refractivity contribution is 7.89. The van der Waals surface area contributed by atoms with E-state index in [4.69, 9.17) is 31.9 Å². The first-order valence-electron chi connectivity index (χ1n) is 13.8. The zero-order valence-corrected chi connectivity index (χ0v) is 24.2. The minimum absolute atomic E-state index is 0.00910. The Morgan fingerprint density at radius 3 is 2.82 bits per heavy atom. The van der Waals surface area contributed by atoms with Gasteiger partial charge in [-0.2, -0.15) is 5.14 Å². The van der Waals surface area contributed by atoms with Gasteiger partial charge < -0.3 is 24.7 Å².